The van der Waals surface area contributed by atoms with Crippen molar-refractivity contribution in [1.29, 1.82) is 0 Å². The third kappa shape index (κ3) is 3.10. The molecule has 22 heavy (non-hydrogen) atoms. The minimum Gasteiger partial charge on any atom is -0.384 e. The number of anilines is 3. The summed E-state index contributed by atoms with van der Waals surface area (Å²) >= 11 is 1.34. The van der Waals surface area contributed by atoms with Crippen molar-refractivity contribution >= 4 is 33.9 Å². The van der Waals surface area contributed by atoms with Crippen LogP contribution in [0.3, 0.4) is 0 Å². The van der Waals surface area contributed by atoms with Crippen LogP contribution in [0.2, 0.25) is 0 Å². The summed E-state index contributed by atoms with van der Waals surface area (Å²) in [5, 5.41) is 4.05. The summed E-state index contributed by atoms with van der Waals surface area (Å²) in [6, 6.07) is 6.03. The van der Waals surface area contributed by atoms with Gasteiger partial charge in [0.25, 0.3) is 0 Å². The lowest BCUT2D eigenvalue weighted by atomic mass is 10.1. The average molecular weight is 318 g/mol. The van der Waals surface area contributed by atoms with Crippen LogP contribution in [0.5, 0.6) is 0 Å². The Kier molecular flexibility index (Phi) is 4.35. The first-order valence-corrected chi connectivity index (χ1v) is 7.94. The summed E-state index contributed by atoms with van der Waals surface area (Å²) in [5.74, 6) is 0.879. The second-order valence-corrected chi connectivity index (χ2v) is 5.90. The van der Waals surface area contributed by atoms with Crippen LogP contribution in [0.1, 0.15) is 18.3 Å². The number of amides is 1. The highest BCUT2D eigenvalue weighted by atomic mass is 32.1. The molecule has 1 amide bonds. The van der Waals surface area contributed by atoms with Crippen LogP contribution in [-0.4, -0.2) is 35.5 Å². The van der Waals surface area contributed by atoms with E-state index in [0.29, 0.717) is 13.0 Å². The highest BCUT2D eigenvalue weighted by molar-refractivity contribution is 7.09. The van der Waals surface area contributed by atoms with Gasteiger partial charge in [0.05, 0.1) is 6.61 Å². The molecule has 0 atom stereocenters. The molecule has 3 rings (SSSR count). The van der Waals surface area contributed by atoms with Crippen LogP contribution in [0.4, 0.5) is 16.5 Å². The highest BCUT2D eigenvalue weighted by Gasteiger charge is 2.22. The van der Waals surface area contributed by atoms with Gasteiger partial charge in [0.15, 0.2) is 0 Å². The summed E-state index contributed by atoms with van der Waals surface area (Å²) < 4.78 is 9.32. The zero-order valence-corrected chi connectivity index (χ0v) is 13.4. The molecule has 0 saturated carbocycles. The van der Waals surface area contributed by atoms with E-state index in [1.165, 1.54) is 17.1 Å². The SMILES string of the molecule is COCCc1nsc(Nc2ccc3c(c2)CCN3C(C)=O)n1. The van der Waals surface area contributed by atoms with Crippen molar-refractivity contribution in [3.63, 3.8) is 0 Å². The molecule has 0 saturated heterocycles. The van der Waals surface area contributed by atoms with Crippen LogP contribution in [-0.2, 0) is 22.4 Å². The van der Waals surface area contributed by atoms with Crippen LogP contribution < -0.4 is 10.2 Å². The Hall–Kier alpha value is -1.99. The quantitative estimate of drug-likeness (QED) is 0.917. The summed E-state index contributed by atoms with van der Waals surface area (Å²) in [6.07, 6.45) is 1.60. The topological polar surface area (TPSA) is 67.3 Å². The summed E-state index contributed by atoms with van der Waals surface area (Å²) in [4.78, 5) is 17.8. The number of benzene rings is 1. The Morgan fingerprint density at radius 1 is 1.50 bits per heavy atom. The van der Waals surface area contributed by atoms with Gasteiger partial charge in [0, 0.05) is 49.9 Å². The number of methoxy groups -OCH3 is 1. The molecular weight excluding hydrogens is 300 g/mol. The lowest BCUT2D eigenvalue weighted by Crippen LogP contribution is -2.25. The lowest BCUT2D eigenvalue weighted by molar-refractivity contribution is -0.116. The van der Waals surface area contributed by atoms with E-state index in [1.807, 2.05) is 17.0 Å². The molecule has 0 spiro atoms. The van der Waals surface area contributed by atoms with Gasteiger partial charge in [-0.1, -0.05) is 0 Å². The fraction of sp³-hybridized carbons (Fsp3) is 0.400. The Labute approximate surface area is 133 Å². The third-order valence-corrected chi connectivity index (χ3v) is 4.27. The molecule has 0 radical (unpaired) electrons. The number of fused-ring (bicyclic) bond motifs is 1. The number of nitrogens with zero attached hydrogens (tertiary/aromatic N) is 3. The van der Waals surface area contributed by atoms with Gasteiger partial charge in [0.2, 0.25) is 11.0 Å². The van der Waals surface area contributed by atoms with Crippen molar-refractivity contribution in [2.24, 2.45) is 0 Å². The maximum Gasteiger partial charge on any atom is 0.223 e. The minimum atomic E-state index is 0.0892. The lowest BCUT2D eigenvalue weighted by Gasteiger charge is -2.14. The number of carbonyl (C=O) groups excluding carboxylic acids is 1. The Morgan fingerprint density at radius 3 is 3.14 bits per heavy atom. The number of hydrogen-bond acceptors (Lipinski definition) is 6. The van der Waals surface area contributed by atoms with Crippen molar-refractivity contribution < 1.29 is 9.53 Å². The van der Waals surface area contributed by atoms with Crippen LogP contribution >= 0.6 is 11.5 Å². The van der Waals surface area contributed by atoms with Crippen LogP contribution in [0, 0.1) is 0 Å². The predicted octanol–water partition coefficient (Wildman–Crippen LogP) is 2.38. The number of carbonyl (C=O) groups is 1. The van der Waals surface area contributed by atoms with E-state index in [0.717, 1.165) is 35.3 Å². The molecular formula is C15H18N4O2S. The molecule has 0 bridgehead atoms. The number of aromatic nitrogens is 2. The standard InChI is InChI=1S/C15H18N4O2S/c1-10(20)19-7-5-11-9-12(3-4-13(11)19)16-15-17-14(18-22-15)6-8-21-2/h3-4,9H,5-8H2,1-2H3,(H,16,17,18). The molecule has 1 aliphatic heterocycles. The van der Waals surface area contributed by atoms with E-state index < -0.39 is 0 Å². The number of rotatable bonds is 5. The molecule has 0 unspecified atom stereocenters. The normalized spacial score (nSPS) is 13.3. The van der Waals surface area contributed by atoms with E-state index in [9.17, 15) is 4.79 Å². The molecule has 2 aromatic rings. The van der Waals surface area contributed by atoms with E-state index >= 15 is 0 Å². The monoisotopic (exact) mass is 318 g/mol. The van der Waals surface area contributed by atoms with E-state index in [1.54, 1.807) is 14.0 Å². The van der Waals surface area contributed by atoms with Crippen molar-refractivity contribution in [3.05, 3.63) is 29.6 Å². The summed E-state index contributed by atoms with van der Waals surface area (Å²) in [5.41, 5.74) is 3.17. The Bertz CT molecular complexity index is 686. The first kappa shape index (κ1) is 14.9. The molecule has 1 aliphatic rings. The first-order valence-electron chi connectivity index (χ1n) is 7.17. The maximum absolute atomic E-state index is 11.6. The van der Waals surface area contributed by atoms with Gasteiger partial charge >= 0.3 is 0 Å². The molecule has 116 valence electrons. The van der Waals surface area contributed by atoms with Gasteiger partial charge in [-0.05, 0) is 30.2 Å². The minimum absolute atomic E-state index is 0.0892. The fourth-order valence-electron chi connectivity index (χ4n) is 2.53. The second-order valence-electron chi connectivity index (χ2n) is 5.15. The van der Waals surface area contributed by atoms with Gasteiger partial charge in [-0.2, -0.15) is 4.37 Å². The van der Waals surface area contributed by atoms with E-state index in [4.69, 9.17) is 4.74 Å². The first-order chi connectivity index (χ1) is 10.7. The van der Waals surface area contributed by atoms with Gasteiger partial charge in [-0.15, -0.1) is 0 Å². The maximum atomic E-state index is 11.6. The van der Waals surface area contributed by atoms with Gasteiger partial charge in [-0.25, -0.2) is 4.98 Å². The third-order valence-electron chi connectivity index (χ3n) is 3.60. The van der Waals surface area contributed by atoms with Crippen molar-refractivity contribution in [2.45, 2.75) is 19.8 Å². The molecule has 6 nitrogen and oxygen atoms in total. The molecule has 1 aromatic heterocycles. The largest absolute Gasteiger partial charge is 0.384 e. The van der Waals surface area contributed by atoms with Gasteiger partial charge in [-0.3, -0.25) is 4.79 Å². The second kappa shape index (κ2) is 6.41. The smallest absolute Gasteiger partial charge is 0.223 e. The van der Waals surface area contributed by atoms with Crippen molar-refractivity contribution in [1.82, 2.24) is 9.36 Å². The van der Waals surface area contributed by atoms with Gasteiger partial charge < -0.3 is 15.0 Å². The summed E-state index contributed by atoms with van der Waals surface area (Å²) in [6.45, 7) is 2.98. The molecule has 0 fully saturated rings. The predicted molar refractivity (Wildman–Crippen MR) is 86.9 cm³/mol. The summed E-state index contributed by atoms with van der Waals surface area (Å²) in [7, 11) is 1.67. The van der Waals surface area contributed by atoms with E-state index in [2.05, 4.69) is 20.7 Å². The average Bonchev–Trinajstić information content (AvgIpc) is 3.11. The molecule has 2 heterocycles. The molecule has 1 N–H and O–H groups in total. The number of hydrogen-bond donors (Lipinski definition) is 1. The zero-order chi connectivity index (χ0) is 15.5. The van der Waals surface area contributed by atoms with Crippen LogP contribution in [0.25, 0.3) is 0 Å². The van der Waals surface area contributed by atoms with Crippen molar-refractivity contribution in [2.75, 3.05) is 30.5 Å². The molecule has 0 aliphatic carbocycles. The number of nitrogens with one attached hydrogen (secondary N) is 1. The van der Waals surface area contributed by atoms with E-state index in [-0.39, 0.29) is 5.91 Å². The molecule has 7 heteroatoms. The Morgan fingerprint density at radius 2 is 2.36 bits per heavy atom. The zero-order valence-electron chi connectivity index (χ0n) is 12.6. The molecule has 1 aromatic carbocycles. The Balaban J connectivity index is 1.71. The highest BCUT2D eigenvalue weighted by Crippen LogP contribution is 2.31. The van der Waals surface area contributed by atoms with Crippen molar-refractivity contribution in [3.8, 4) is 0 Å². The number of ether oxygens (including phenoxy) is 1. The fourth-order valence-corrected chi connectivity index (χ4v) is 3.16. The van der Waals surface area contributed by atoms with Gasteiger partial charge in [0.1, 0.15) is 5.82 Å². The van der Waals surface area contributed by atoms with Crippen LogP contribution in [0.15, 0.2) is 18.2 Å².